The molecule has 0 spiro atoms. The molecule has 0 aliphatic carbocycles. The number of fused-ring (bicyclic) bond motifs is 1. The maximum Gasteiger partial charge on any atom is 0.239 e. The van der Waals surface area contributed by atoms with E-state index in [9.17, 15) is 0 Å². The Hall–Kier alpha value is -1.26. The standard InChI is InChI=1S/C13H14Cl2N4/c1-7-4-9(6-19-12(7)17-13(16)18-19)8-2-3-10(14)11(15)5-8/h2-3,5,7,9H,4,6H2,1H3,(H2,16,18). The van der Waals surface area contributed by atoms with Crippen LogP contribution in [-0.4, -0.2) is 14.8 Å². The Morgan fingerprint density at radius 2 is 2.11 bits per heavy atom. The van der Waals surface area contributed by atoms with Crippen LogP contribution in [0, 0.1) is 0 Å². The van der Waals surface area contributed by atoms with Crippen LogP contribution in [0.5, 0.6) is 0 Å². The summed E-state index contributed by atoms with van der Waals surface area (Å²) in [7, 11) is 0. The number of aromatic nitrogens is 3. The number of anilines is 1. The summed E-state index contributed by atoms with van der Waals surface area (Å²) in [6, 6.07) is 5.80. The van der Waals surface area contributed by atoms with E-state index in [2.05, 4.69) is 17.0 Å². The van der Waals surface area contributed by atoms with Gasteiger partial charge in [-0.25, -0.2) is 4.68 Å². The van der Waals surface area contributed by atoms with Gasteiger partial charge in [0.15, 0.2) is 0 Å². The Balaban J connectivity index is 1.94. The summed E-state index contributed by atoms with van der Waals surface area (Å²) >= 11 is 12.0. The lowest BCUT2D eigenvalue weighted by Crippen LogP contribution is -2.22. The molecular weight excluding hydrogens is 283 g/mol. The van der Waals surface area contributed by atoms with E-state index in [0.717, 1.165) is 18.8 Å². The van der Waals surface area contributed by atoms with Gasteiger partial charge in [0.1, 0.15) is 5.82 Å². The number of halogens is 2. The number of nitrogens with zero attached hydrogens (tertiary/aromatic N) is 3. The van der Waals surface area contributed by atoms with Crippen LogP contribution in [0.1, 0.15) is 36.6 Å². The van der Waals surface area contributed by atoms with Crippen LogP contribution < -0.4 is 5.73 Å². The predicted molar refractivity (Wildman–Crippen MR) is 76.7 cm³/mol. The van der Waals surface area contributed by atoms with Gasteiger partial charge in [0.2, 0.25) is 5.95 Å². The third-order valence-electron chi connectivity index (χ3n) is 3.60. The second-order valence-electron chi connectivity index (χ2n) is 5.02. The molecule has 0 saturated heterocycles. The zero-order chi connectivity index (χ0) is 13.6. The minimum absolute atomic E-state index is 0.331. The fraction of sp³-hybridized carbons (Fsp3) is 0.385. The second-order valence-corrected chi connectivity index (χ2v) is 5.83. The molecule has 0 saturated carbocycles. The third kappa shape index (κ3) is 2.30. The van der Waals surface area contributed by atoms with Crippen molar-refractivity contribution in [1.82, 2.24) is 14.8 Å². The van der Waals surface area contributed by atoms with Crippen molar-refractivity contribution in [3.05, 3.63) is 39.6 Å². The fourth-order valence-corrected chi connectivity index (χ4v) is 3.00. The summed E-state index contributed by atoms with van der Waals surface area (Å²) in [6.45, 7) is 2.92. The van der Waals surface area contributed by atoms with Gasteiger partial charge in [-0.2, -0.15) is 4.98 Å². The molecule has 0 fully saturated rings. The largest absolute Gasteiger partial charge is 0.366 e. The van der Waals surface area contributed by atoms with Crippen molar-refractivity contribution in [2.24, 2.45) is 0 Å². The number of hydrogen-bond acceptors (Lipinski definition) is 3. The summed E-state index contributed by atoms with van der Waals surface area (Å²) in [5, 5.41) is 5.42. The minimum atomic E-state index is 0.331. The van der Waals surface area contributed by atoms with Gasteiger partial charge in [0, 0.05) is 18.4 Å². The first-order chi connectivity index (χ1) is 9.04. The first kappa shape index (κ1) is 12.8. The topological polar surface area (TPSA) is 56.7 Å². The number of nitrogen functional groups attached to an aromatic ring is 1. The third-order valence-corrected chi connectivity index (χ3v) is 4.34. The maximum absolute atomic E-state index is 6.09. The Morgan fingerprint density at radius 1 is 1.32 bits per heavy atom. The number of hydrogen-bond donors (Lipinski definition) is 1. The molecule has 2 aromatic rings. The van der Waals surface area contributed by atoms with Crippen molar-refractivity contribution < 1.29 is 0 Å². The summed E-state index contributed by atoms with van der Waals surface area (Å²) in [5.74, 6) is 2.00. The molecule has 0 radical (unpaired) electrons. The van der Waals surface area contributed by atoms with Gasteiger partial charge in [-0.15, -0.1) is 5.10 Å². The smallest absolute Gasteiger partial charge is 0.239 e. The zero-order valence-electron chi connectivity index (χ0n) is 10.5. The molecule has 4 nitrogen and oxygen atoms in total. The van der Waals surface area contributed by atoms with E-state index in [1.54, 1.807) is 0 Å². The molecule has 0 bridgehead atoms. The van der Waals surface area contributed by atoms with Crippen LogP contribution in [0.2, 0.25) is 10.0 Å². The highest BCUT2D eigenvalue weighted by Gasteiger charge is 2.28. The van der Waals surface area contributed by atoms with Crippen LogP contribution in [0.25, 0.3) is 0 Å². The van der Waals surface area contributed by atoms with Crippen LogP contribution in [0.4, 0.5) is 5.95 Å². The molecule has 6 heteroatoms. The van der Waals surface area contributed by atoms with Gasteiger partial charge in [0.25, 0.3) is 0 Å². The zero-order valence-corrected chi connectivity index (χ0v) is 12.0. The van der Waals surface area contributed by atoms with Gasteiger partial charge < -0.3 is 5.73 Å². The molecule has 1 aromatic carbocycles. The molecule has 1 aliphatic rings. The average Bonchev–Trinajstić information content (AvgIpc) is 2.74. The summed E-state index contributed by atoms with van der Waals surface area (Å²) in [4.78, 5) is 4.27. The van der Waals surface area contributed by atoms with Crippen LogP contribution in [-0.2, 0) is 6.54 Å². The Bertz CT molecular complexity index is 623. The molecule has 1 aromatic heterocycles. The first-order valence-electron chi connectivity index (χ1n) is 6.19. The number of benzene rings is 1. The lowest BCUT2D eigenvalue weighted by atomic mass is 9.86. The molecule has 2 unspecified atom stereocenters. The van der Waals surface area contributed by atoms with E-state index >= 15 is 0 Å². The molecule has 100 valence electrons. The summed E-state index contributed by atoms with van der Waals surface area (Å²) in [5.41, 5.74) is 6.85. The van der Waals surface area contributed by atoms with Crippen molar-refractivity contribution in [1.29, 1.82) is 0 Å². The van der Waals surface area contributed by atoms with Gasteiger partial charge >= 0.3 is 0 Å². The molecule has 19 heavy (non-hydrogen) atoms. The molecule has 2 heterocycles. The lowest BCUT2D eigenvalue weighted by Gasteiger charge is -2.27. The van der Waals surface area contributed by atoms with Gasteiger partial charge in [0.05, 0.1) is 10.0 Å². The van der Waals surface area contributed by atoms with E-state index in [1.807, 2.05) is 22.9 Å². The first-order valence-corrected chi connectivity index (χ1v) is 6.95. The van der Waals surface area contributed by atoms with E-state index < -0.39 is 0 Å². The molecule has 3 rings (SSSR count). The van der Waals surface area contributed by atoms with Gasteiger partial charge in [-0.3, -0.25) is 0 Å². The van der Waals surface area contributed by atoms with E-state index in [-0.39, 0.29) is 0 Å². The minimum Gasteiger partial charge on any atom is -0.366 e. The maximum atomic E-state index is 6.09. The van der Waals surface area contributed by atoms with Crippen LogP contribution in [0.15, 0.2) is 18.2 Å². The van der Waals surface area contributed by atoms with Crippen molar-refractivity contribution in [2.45, 2.75) is 31.7 Å². The Kier molecular flexibility index (Phi) is 3.15. The normalized spacial score (nSPS) is 22.3. The quantitative estimate of drug-likeness (QED) is 0.877. The lowest BCUT2D eigenvalue weighted by molar-refractivity contribution is 0.382. The summed E-state index contributed by atoms with van der Waals surface area (Å²) < 4.78 is 1.90. The Labute approximate surface area is 121 Å². The average molecular weight is 297 g/mol. The highest BCUT2D eigenvalue weighted by atomic mass is 35.5. The molecule has 0 amide bonds. The predicted octanol–water partition coefficient (Wildman–Crippen LogP) is 3.46. The van der Waals surface area contributed by atoms with Crippen molar-refractivity contribution in [2.75, 3.05) is 5.73 Å². The Morgan fingerprint density at radius 3 is 2.84 bits per heavy atom. The highest BCUT2D eigenvalue weighted by Crippen LogP contribution is 2.37. The number of nitrogens with two attached hydrogens (primary N) is 1. The van der Waals surface area contributed by atoms with Crippen LogP contribution >= 0.6 is 23.2 Å². The monoisotopic (exact) mass is 296 g/mol. The second kappa shape index (κ2) is 4.69. The fourth-order valence-electron chi connectivity index (χ4n) is 2.69. The van der Waals surface area contributed by atoms with Crippen molar-refractivity contribution in [3.8, 4) is 0 Å². The van der Waals surface area contributed by atoms with Gasteiger partial charge in [-0.1, -0.05) is 36.2 Å². The van der Waals surface area contributed by atoms with Gasteiger partial charge in [-0.05, 0) is 24.1 Å². The van der Waals surface area contributed by atoms with E-state index in [1.165, 1.54) is 5.56 Å². The molecule has 1 aliphatic heterocycles. The molecule has 2 N–H and O–H groups in total. The molecule has 2 atom stereocenters. The number of rotatable bonds is 1. The summed E-state index contributed by atoms with van der Waals surface area (Å²) in [6.07, 6.45) is 1.01. The van der Waals surface area contributed by atoms with Crippen LogP contribution in [0.3, 0.4) is 0 Å². The SMILES string of the molecule is CC1CC(c2ccc(Cl)c(Cl)c2)Cn2nc(N)nc21. The van der Waals surface area contributed by atoms with E-state index in [0.29, 0.717) is 27.8 Å². The van der Waals surface area contributed by atoms with Crippen molar-refractivity contribution in [3.63, 3.8) is 0 Å². The van der Waals surface area contributed by atoms with Crippen molar-refractivity contribution >= 4 is 29.2 Å². The van der Waals surface area contributed by atoms with E-state index in [4.69, 9.17) is 28.9 Å². The molecular formula is C13H14Cl2N4. The highest BCUT2D eigenvalue weighted by molar-refractivity contribution is 6.42.